The highest BCUT2D eigenvalue weighted by Gasteiger charge is 2.54. The summed E-state index contributed by atoms with van der Waals surface area (Å²) in [5.74, 6) is -1.07. The second-order valence-electron chi connectivity index (χ2n) is 15.0. The second kappa shape index (κ2) is 15.8. The molecule has 0 bridgehead atoms. The molecule has 3 fully saturated rings. The van der Waals surface area contributed by atoms with Gasteiger partial charge in [-0.1, -0.05) is 73.9 Å². The summed E-state index contributed by atoms with van der Waals surface area (Å²) in [5.41, 5.74) is 1.67. The molecule has 7 rings (SSSR count). The predicted molar refractivity (Wildman–Crippen MR) is 197 cm³/mol. The van der Waals surface area contributed by atoms with E-state index in [1.165, 1.54) is 18.6 Å². The van der Waals surface area contributed by atoms with Gasteiger partial charge in [0.25, 0.3) is 5.91 Å². The summed E-state index contributed by atoms with van der Waals surface area (Å²) in [6, 6.07) is 20.5. The van der Waals surface area contributed by atoms with Gasteiger partial charge in [0.05, 0.1) is 18.3 Å². The molecule has 0 unspecified atom stereocenters. The van der Waals surface area contributed by atoms with Gasteiger partial charge in [-0.05, 0) is 73.1 Å². The number of benzene rings is 3. The van der Waals surface area contributed by atoms with Crippen LogP contribution < -0.4 is 20.9 Å². The molecule has 1 saturated carbocycles. The number of likely N-dealkylation sites (tertiary alicyclic amines) is 1. The van der Waals surface area contributed by atoms with E-state index in [1.807, 2.05) is 59.5 Å². The molecule has 10 nitrogen and oxygen atoms in total. The van der Waals surface area contributed by atoms with E-state index in [0.717, 1.165) is 54.6 Å². The van der Waals surface area contributed by atoms with Crippen molar-refractivity contribution in [1.29, 1.82) is 0 Å². The van der Waals surface area contributed by atoms with E-state index in [9.17, 15) is 32.3 Å². The van der Waals surface area contributed by atoms with E-state index in [-0.39, 0.29) is 62.4 Å². The highest BCUT2D eigenvalue weighted by atomic mass is 19.4. The van der Waals surface area contributed by atoms with E-state index in [0.29, 0.717) is 31.4 Å². The maximum absolute atomic E-state index is 14.3. The Balaban J connectivity index is 1.07. The number of para-hydroxylation sites is 1. The minimum atomic E-state index is -4.51. The van der Waals surface area contributed by atoms with Crippen molar-refractivity contribution < 1.29 is 32.3 Å². The third kappa shape index (κ3) is 8.11. The quantitative estimate of drug-likeness (QED) is 0.296. The number of nitrogens with zero attached hydrogens (tertiary/aromatic N) is 3. The second-order valence-corrected chi connectivity index (χ2v) is 15.0. The number of fused-ring (bicyclic) bond motifs is 1. The molecule has 54 heavy (non-hydrogen) atoms. The highest BCUT2D eigenvalue weighted by Crippen LogP contribution is 2.40. The van der Waals surface area contributed by atoms with Gasteiger partial charge in [0.15, 0.2) is 0 Å². The first-order chi connectivity index (χ1) is 26.0. The van der Waals surface area contributed by atoms with Crippen molar-refractivity contribution in [3.63, 3.8) is 0 Å². The van der Waals surface area contributed by atoms with Gasteiger partial charge in [-0.2, -0.15) is 13.2 Å². The minimum Gasteiger partial charge on any atom is -0.352 e. The SMILES string of the molecule is O=C(CN1CN(c2ccccc2)C2(CCN(C(=O)[C@@H](Cc3ccc(C(F)(F)F)cc3)NC(=O)[C@H]3Cc4ccccc4CN3)CC2)C1=O)NC1CCCCC1. The van der Waals surface area contributed by atoms with Crippen LogP contribution in [0.5, 0.6) is 0 Å². The Morgan fingerprint density at radius 2 is 1.54 bits per heavy atom. The smallest absolute Gasteiger partial charge is 0.352 e. The predicted octanol–water partition coefficient (Wildman–Crippen LogP) is 4.56. The number of rotatable bonds is 9. The number of carbonyl (C=O) groups excluding carboxylic acids is 4. The molecular formula is C41H47F3N6O4. The van der Waals surface area contributed by atoms with Crippen LogP contribution in [0.1, 0.15) is 67.2 Å². The number of amides is 4. The molecular weight excluding hydrogens is 697 g/mol. The summed E-state index contributed by atoms with van der Waals surface area (Å²) in [4.78, 5) is 60.8. The summed E-state index contributed by atoms with van der Waals surface area (Å²) in [6.45, 7) is 1.10. The molecule has 3 N–H and O–H groups in total. The van der Waals surface area contributed by atoms with E-state index < -0.39 is 29.4 Å². The zero-order valence-electron chi connectivity index (χ0n) is 30.2. The summed E-state index contributed by atoms with van der Waals surface area (Å²) in [5, 5.41) is 9.30. The molecule has 1 aliphatic carbocycles. The molecule has 13 heteroatoms. The molecule has 2 atom stereocenters. The number of carbonyl (C=O) groups is 4. The van der Waals surface area contributed by atoms with Gasteiger partial charge in [-0.25, -0.2) is 0 Å². The average molecular weight is 745 g/mol. The molecule has 2 saturated heterocycles. The summed E-state index contributed by atoms with van der Waals surface area (Å²) in [6.07, 6.45) is 1.72. The fourth-order valence-corrected chi connectivity index (χ4v) is 8.51. The Morgan fingerprint density at radius 3 is 2.22 bits per heavy atom. The molecule has 3 aromatic rings. The number of alkyl halides is 3. The van der Waals surface area contributed by atoms with Crippen LogP contribution in [-0.2, 0) is 44.7 Å². The van der Waals surface area contributed by atoms with Crippen LogP contribution in [0, 0.1) is 0 Å². The van der Waals surface area contributed by atoms with Gasteiger partial charge in [0.2, 0.25) is 17.7 Å². The van der Waals surface area contributed by atoms with E-state index in [4.69, 9.17) is 0 Å². The highest BCUT2D eigenvalue weighted by molar-refractivity contribution is 5.97. The Kier molecular flexibility index (Phi) is 11.0. The third-order valence-corrected chi connectivity index (χ3v) is 11.5. The lowest BCUT2D eigenvalue weighted by molar-refractivity contribution is -0.141. The topological polar surface area (TPSA) is 114 Å². The standard InChI is InChI=1S/C41H47F3N6O4/c42-41(43,44)31-17-15-28(16-18-31)23-35(47-37(52)34-24-29-9-7-8-10-30(29)25-45-34)38(53)48-21-19-40(20-22-48)39(54)49(27-50(40)33-13-5-2-6-14-33)26-36(51)46-32-11-3-1-4-12-32/h2,5-10,13-18,32,34-35,45H,1,3-4,11-12,19-27H2,(H,46,51)(H,47,52)/t34-,35-/m1/s1. The maximum Gasteiger partial charge on any atom is 0.416 e. The summed E-state index contributed by atoms with van der Waals surface area (Å²) >= 11 is 0. The fourth-order valence-electron chi connectivity index (χ4n) is 8.51. The van der Waals surface area contributed by atoms with Gasteiger partial charge in [0.1, 0.15) is 18.1 Å². The molecule has 0 aromatic heterocycles. The Morgan fingerprint density at radius 1 is 0.870 bits per heavy atom. The fraction of sp³-hybridized carbons (Fsp3) is 0.463. The lowest BCUT2D eigenvalue weighted by Gasteiger charge is -2.44. The molecule has 3 heterocycles. The first-order valence-corrected chi connectivity index (χ1v) is 19.0. The number of anilines is 1. The van der Waals surface area contributed by atoms with Gasteiger partial charge in [-0.15, -0.1) is 0 Å². The first kappa shape index (κ1) is 37.4. The van der Waals surface area contributed by atoms with Crippen molar-refractivity contribution in [1.82, 2.24) is 25.8 Å². The van der Waals surface area contributed by atoms with Gasteiger partial charge in [-0.3, -0.25) is 19.2 Å². The summed E-state index contributed by atoms with van der Waals surface area (Å²) in [7, 11) is 0. The van der Waals surface area contributed by atoms with Crippen molar-refractivity contribution in [3.05, 3.63) is 101 Å². The Bertz CT molecular complexity index is 1820. The molecule has 0 radical (unpaired) electrons. The molecule has 1 spiro atoms. The van der Waals surface area contributed by atoms with Crippen molar-refractivity contribution in [2.75, 3.05) is 31.2 Å². The van der Waals surface area contributed by atoms with E-state index >= 15 is 0 Å². The Hall–Kier alpha value is -4.91. The molecule has 3 aromatic carbocycles. The molecule has 4 amide bonds. The van der Waals surface area contributed by atoms with Crippen molar-refractivity contribution >= 4 is 29.3 Å². The van der Waals surface area contributed by atoms with Crippen molar-refractivity contribution in [3.8, 4) is 0 Å². The van der Waals surface area contributed by atoms with Crippen molar-refractivity contribution in [2.24, 2.45) is 0 Å². The van der Waals surface area contributed by atoms with Crippen LogP contribution in [0.25, 0.3) is 0 Å². The van der Waals surface area contributed by atoms with Crippen molar-refractivity contribution in [2.45, 2.75) is 94.2 Å². The lowest BCUT2D eigenvalue weighted by atomic mass is 9.85. The third-order valence-electron chi connectivity index (χ3n) is 11.5. The Labute approximate surface area is 313 Å². The summed E-state index contributed by atoms with van der Waals surface area (Å²) < 4.78 is 40.0. The number of hydrogen-bond acceptors (Lipinski definition) is 6. The van der Waals surface area contributed by atoms with Crippen LogP contribution in [-0.4, -0.2) is 83.4 Å². The van der Waals surface area contributed by atoms with Crippen LogP contribution in [0.2, 0.25) is 0 Å². The molecule has 3 aliphatic heterocycles. The van der Waals surface area contributed by atoms with Crippen LogP contribution in [0.3, 0.4) is 0 Å². The minimum absolute atomic E-state index is 0.00733. The van der Waals surface area contributed by atoms with Gasteiger partial charge >= 0.3 is 6.18 Å². The molecule has 4 aliphatic rings. The van der Waals surface area contributed by atoms with E-state index in [2.05, 4.69) is 16.0 Å². The van der Waals surface area contributed by atoms with Gasteiger partial charge in [0, 0.05) is 37.8 Å². The largest absolute Gasteiger partial charge is 0.416 e. The van der Waals surface area contributed by atoms with E-state index in [1.54, 1.807) is 9.80 Å². The zero-order chi connectivity index (χ0) is 37.9. The maximum atomic E-state index is 14.3. The zero-order valence-corrected chi connectivity index (χ0v) is 30.2. The lowest BCUT2D eigenvalue weighted by Crippen LogP contribution is -2.60. The van der Waals surface area contributed by atoms with Gasteiger partial charge < -0.3 is 30.7 Å². The van der Waals surface area contributed by atoms with Crippen LogP contribution in [0.15, 0.2) is 78.9 Å². The average Bonchev–Trinajstić information content (AvgIpc) is 3.44. The number of halogens is 3. The normalized spacial score (nSPS) is 20.8. The number of piperidine rings is 1. The molecule has 286 valence electrons. The monoisotopic (exact) mass is 744 g/mol. The first-order valence-electron chi connectivity index (χ1n) is 19.0. The van der Waals surface area contributed by atoms with Crippen LogP contribution in [0.4, 0.5) is 18.9 Å². The number of nitrogens with one attached hydrogen (secondary N) is 3. The number of hydrogen-bond donors (Lipinski definition) is 3. The van der Waals surface area contributed by atoms with Crippen LogP contribution >= 0.6 is 0 Å².